The summed E-state index contributed by atoms with van der Waals surface area (Å²) in [6.45, 7) is 1.99. The summed E-state index contributed by atoms with van der Waals surface area (Å²) in [6.07, 6.45) is 0.410. The van der Waals surface area contributed by atoms with Gasteiger partial charge in [0.25, 0.3) is 0 Å². The molecular formula is C9H17N3O4S. The molecule has 0 aliphatic heterocycles. The highest BCUT2D eigenvalue weighted by molar-refractivity contribution is 7.99. The first-order chi connectivity index (χ1) is 7.97. The molecule has 17 heavy (non-hydrogen) atoms. The van der Waals surface area contributed by atoms with E-state index in [1.807, 2.05) is 5.32 Å². The first-order valence-electron chi connectivity index (χ1n) is 5.06. The minimum atomic E-state index is -0.876. The number of carbonyl (C=O) groups excluding carboxylic acids is 3. The van der Waals surface area contributed by atoms with Crippen molar-refractivity contribution < 1.29 is 19.1 Å². The van der Waals surface area contributed by atoms with Crippen LogP contribution in [-0.2, 0) is 14.3 Å². The SMILES string of the molecule is CCOC(=O)C(N)CCSCC(=O)NC(N)=O. The van der Waals surface area contributed by atoms with Crippen molar-refractivity contribution in [2.45, 2.75) is 19.4 Å². The second-order valence-electron chi connectivity index (χ2n) is 3.11. The zero-order valence-electron chi connectivity index (χ0n) is 9.60. The van der Waals surface area contributed by atoms with Gasteiger partial charge >= 0.3 is 12.0 Å². The zero-order chi connectivity index (χ0) is 13.3. The summed E-state index contributed by atoms with van der Waals surface area (Å²) >= 11 is 1.26. The molecule has 7 nitrogen and oxygen atoms in total. The molecule has 0 aromatic carbocycles. The smallest absolute Gasteiger partial charge is 0.322 e. The Kier molecular flexibility index (Phi) is 8.16. The number of imide groups is 1. The standard InChI is InChI=1S/C9H17N3O4S/c1-2-16-8(14)6(10)3-4-17-5-7(13)12-9(11)15/h6H,2-5,10H2,1H3,(H3,11,12,13,15). The van der Waals surface area contributed by atoms with Crippen LogP contribution >= 0.6 is 11.8 Å². The Morgan fingerprint density at radius 3 is 2.59 bits per heavy atom. The van der Waals surface area contributed by atoms with Crippen molar-refractivity contribution in [3.05, 3.63) is 0 Å². The van der Waals surface area contributed by atoms with E-state index in [1.165, 1.54) is 11.8 Å². The Balaban J connectivity index is 3.60. The summed E-state index contributed by atoms with van der Waals surface area (Å²) in [7, 11) is 0. The van der Waals surface area contributed by atoms with Crippen LogP contribution in [0.1, 0.15) is 13.3 Å². The van der Waals surface area contributed by atoms with Gasteiger partial charge in [0.1, 0.15) is 6.04 Å². The van der Waals surface area contributed by atoms with Gasteiger partial charge in [-0.2, -0.15) is 11.8 Å². The van der Waals surface area contributed by atoms with Gasteiger partial charge in [-0.05, 0) is 19.1 Å². The molecule has 0 aliphatic rings. The summed E-state index contributed by atoms with van der Waals surface area (Å²) in [5.74, 6) is -0.299. The zero-order valence-corrected chi connectivity index (χ0v) is 10.4. The number of thioether (sulfide) groups is 1. The number of nitrogens with two attached hydrogens (primary N) is 2. The van der Waals surface area contributed by atoms with Crippen LogP contribution in [0.2, 0.25) is 0 Å². The van der Waals surface area contributed by atoms with Crippen LogP contribution in [0, 0.1) is 0 Å². The van der Waals surface area contributed by atoms with E-state index in [0.29, 0.717) is 18.8 Å². The molecule has 98 valence electrons. The molecule has 0 spiro atoms. The number of rotatable bonds is 7. The van der Waals surface area contributed by atoms with Crippen LogP contribution in [0.3, 0.4) is 0 Å². The summed E-state index contributed by atoms with van der Waals surface area (Å²) < 4.78 is 4.72. The maximum atomic E-state index is 11.1. The maximum Gasteiger partial charge on any atom is 0.322 e. The minimum absolute atomic E-state index is 0.0957. The van der Waals surface area contributed by atoms with E-state index in [9.17, 15) is 14.4 Å². The molecular weight excluding hydrogens is 246 g/mol. The van der Waals surface area contributed by atoms with Gasteiger partial charge in [-0.15, -0.1) is 0 Å². The van der Waals surface area contributed by atoms with Gasteiger partial charge in [0.2, 0.25) is 5.91 Å². The molecule has 0 aromatic rings. The molecule has 5 N–H and O–H groups in total. The summed E-state index contributed by atoms with van der Waals surface area (Å²) in [6, 6.07) is -1.56. The Labute approximate surface area is 104 Å². The lowest BCUT2D eigenvalue weighted by molar-refractivity contribution is -0.144. The molecule has 0 radical (unpaired) electrons. The lowest BCUT2D eigenvalue weighted by Crippen LogP contribution is -2.36. The van der Waals surface area contributed by atoms with Gasteiger partial charge in [-0.3, -0.25) is 14.9 Å². The highest BCUT2D eigenvalue weighted by atomic mass is 32.2. The number of hydrogen-bond acceptors (Lipinski definition) is 6. The average molecular weight is 263 g/mol. The number of ether oxygens (including phenoxy) is 1. The highest BCUT2D eigenvalue weighted by Crippen LogP contribution is 2.04. The van der Waals surface area contributed by atoms with Crippen LogP contribution in [-0.4, -0.2) is 42.1 Å². The van der Waals surface area contributed by atoms with Crippen molar-refractivity contribution in [3.8, 4) is 0 Å². The van der Waals surface area contributed by atoms with E-state index >= 15 is 0 Å². The number of nitrogens with one attached hydrogen (secondary N) is 1. The molecule has 0 aromatic heterocycles. The van der Waals surface area contributed by atoms with Crippen LogP contribution in [0.25, 0.3) is 0 Å². The van der Waals surface area contributed by atoms with Crippen LogP contribution in [0.4, 0.5) is 4.79 Å². The Morgan fingerprint density at radius 2 is 2.06 bits per heavy atom. The summed E-state index contributed by atoms with van der Waals surface area (Å²) in [5.41, 5.74) is 10.3. The first-order valence-corrected chi connectivity index (χ1v) is 6.22. The van der Waals surface area contributed by atoms with Crippen molar-refractivity contribution in [3.63, 3.8) is 0 Å². The molecule has 1 atom stereocenters. The van der Waals surface area contributed by atoms with Crippen molar-refractivity contribution in [1.29, 1.82) is 0 Å². The second kappa shape index (κ2) is 8.82. The van der Waals surface area contributed by atoms with Crippen LogP contribution in [0.15, 0.2) is 0 Å². The van der Waals surface area contributed by atoms with Gasteiger partial charge in [-0.25, -0.2) is 4.79 Å². The second-order valence-corrected chi connectivity index (χ2v) is 4.22. The lowest BCUT2D eigenvalue weighted by atomic mass is 10.2. The normalized spacial score (nSPS) is 11.6. The summed E-state index contributed by atoms with van der Waals surface area (Å²) in [4.78, 5) is 32.4. The van der Waals surface area contributed by atoms with E-state index in [0.717, 1.165) is 0 Å². The predicted octanol–water partition coefficient (Wildman–Crippen LogP) is -0.805. The quantitative estimate of drug-likeness (QED) is 0.408. The fourth-order valence-corrected chi connectivity index (χ4v) is 1.74. The Bertz CT molecular complexity index is 285. The van der Waals surface area contributed by atoms with Gasteiger partial charge < -0.3 is 16.2 Å². The van der Waals surface area contributed by atoms with Gasteiger partial charge in [0, 0.05) is 0 Å². The Hall–Kier alpha value is -1.28. The minimum Gasteiger partial charge on any atom is -0.465 e. The van der Waals surface area contributed by atoms with Gasteiger partial charge in [-0.1, -0.05) is 0 Å². The van der Waals surface area contributed by atoms with E-state index in [2.05, 4.69) is 0 Å². The fourth-order valence-electron chi connectivity index (χ4n) is 0.916. The topological polar surface area (TPSA) is 125 Å². The van der Waals surface area contributed by atoms with Crippen molar-refractivity contribution in [1.82, 2.24) is 5.32 Å². The average Bonchev–Trinajstić information content (AvgIpc) is 2.23. The molecule has 0 heterocycles. The predicted molar refractivity (Wildman–Crippen MR) is 64.3 cm³/mol. The Morgan fingerprint density at radius 1 is 1.41 bits per heavy atom. The third kappa shape index (κ3) is 8.52. The molecule has 0 bridgehead atoms. The molecule has 8 heteroatoms. The number of urea groups is 1. The largest absolute Gasteiger partial charge is 0.465 e. The molecule has 0 aliphatic carbocycles. The van der Waals surface area contributed by atoms with Crippen LogP contribution in [0.5, 0.6) is 0 Å². The van der Waals surface area contributed by atoms with Gasteiger partial charge in [0.05, 0.1) is 12.4 Å². The third-order valence-corrected chi connectivity index (χ3v) is 2.65. The summed E-state index contributed by atoms with van der Waals surface area (Å²) in [5, 5.41) is 1.93. The highest BCUT2D eigenvalue weighted by Gasteiger charge is 2.14. The number of amides is 3. The molecule has 0 rings (SSSR count). The van der Waals surface area contributed by atoms with E-state index < -0.39 is 23.9 Å². The van der Waals surface area contributed by atoms with Crippen molar-refractivity contribution in [2.24, 2.45) is 11.5 Å². The van der Waals surface area contributed by atoms with E-state index in [4.69, 9.17) is 16.2 Å². The van der Waals surface area contributed by atoms with E-state index in [1.54, 1.807) is 6.92 Å². The third-order valence-electron chi connectivity index (χ3n) is 1.66. The van der Waals surface area contributed by atoms with Crippen LogP contribution < -0.4 is 16.8 Å². The van der Waals surface area contributed by atoms with Gasteiger partial charge in [0.15, 0.2) is 0 Å². The first kappa shape index (κ1) is 15.7. The molecule has 0 saturated heterocycles. The molecule has 3 amide bonds. The molecule has 1 unspecified atom stereocenters. The fraction of sp³-hybridized carbons (Fsp3) is 0.667. The van der Waals surface area contributed by atoms with Crippen molar-refractivity contribution >= 4 is 29.7 Å². The number of primary amides is 1. The van der Waals surface area contributed by atoms with Crippen molar-refractivity contribution in [2.75, 3.05) is 18.1 Å². The lowest BCUT2D eigenvalue weighted by Gasteiger charge is -2.09. The maximum absolute atomic E-state index is 11.1. The number of hydrogen-bond donors (Lipinski definition) is 3. The number of esters is 1. The molecule has 0 fully saturated rings. The molecule has 0 saturated carbocycles. The monoisotopic (exact) mass is 263 g/mol. The number of carbonyl (C=O) groups is 3. The van der Waals surface area contributed by atoms with E-state index in [-0.39, 0.29) is 5.75 Å².